The van der Waals surface area contributed by atoms with Crippen LogP contribution in [0.15, 0.2) is 24.3 Å². The third kappa shape index (κ3) is 4.86. The van der Waals surface area contributed by atoms with E-state index in [9.17, 15) is 9.59 Å². The molecule has 1 saturated heterocycles. The summed E-state index contributed by atoms with van der Waals surface area (Å²) in [5, 5.41) is 4.51. The molecule has 1 amide bonds. The van der Waals surface area contributed by atoms with Gasteiger partial charge in [0.1, 0.15) is 5.56 Å². The SMILES string of the molecule is CC[C@H]1CCCCN1C(=O)COC(=O)c1c(C)nn(Cc2ccc(C)cc2)c1C. The van der Waals surface area contributed by atoms with Gasteiger partial charge in [0.05, 0.1) is 17.9 Å². The lowest BCUT2D eigenvalue weighted by molar-refractivity contribution is -0.138. The summed E-state index contributed by atoms with van der Waals surface area (Å²) in [5.41, 5.74) is 4.15. The number of aromatic nitrogens is 2. The molecule has 1 aromatic heterocycles. The van der Waals surface area contributed by atoms with E-state index in [-0.39, 0.29) is 18.6 Å². The first-order chi connectivity index (χ1) is 13.9. The summed E-state index contributed by atoms with van der Waals surface area (Å²) in [6.07, 6.45) is 4.13. The number of likely N-dealkylation sites (tertiary alicyclic amines) is 1. The molecule has 1 aliphatic heterocycles. The van der Waals surface area contributed by atoms with Gasteiger partial charge in [-0.3, -0.25) is 9.48 Å². The minimum absolute atomic E-state index is 0.104. The van der Waals surface area contributed by atoms with Gasteiger partial charge in [-0.2, -0.15) is 5.10 Å². The zero-order valence-electron chi connectivity index (χ0n) is 17.9. The first kappa shape index (κ1) is 21.1. The molecule has 0 unspecified atom stereocenters. The van der Waals surface area contributed by atoms with Crippen molar-refractivity contribution in [2.24, 2.45) is 0 Å². The molecule has 3 rings (SSSR count). The van der Waals surface area contributed by atoms with Crippen molar-refractivity contribution in [3.63, 3.8) is 0 Å². The fourth-order valence-electron chi connectivity index (χ4n) is 4.05. The first-order valence-corrected chi connectivity index (χ1v) is 10.5. The van der Waals surface area contributed by atoms with Crippen molar-refractivity contribution < 1.29 is 14.3 Å². The van der Waals surface area contributed by atoms with Gasteiger partial charge < -0.3 is 9.64 Å². The Kier molecular flexibility index (Phi) is 6.72. The second-order valence-electron chi connectivity index (χ2n) is 7.91. The van der Waals surface area contributed by atoms with Crippen molar-refractivity contribution in [1.82, 2.24) is 14.7 Å². The summed E-state index contributed by atoms with van der Waals surface area (Å²) >= 11 is 0. The highest BCUT2D eigenvalue weighted by molar-refractivity contribution is 5.93. The Morgan fingerprint density at radius 2 is 1.86 bits per heavy atom. The Morgan fingerprint density at radius 3 is 2.55 bits per heavy atom. The van der Waals surface area contributed by atoms with E-state index in [0.29, 0.717) is 17.8 Å². The minimum Gasteiger partial charge on any atom is -0.452 e. The average Bonchev–Trinajstić information content (AvgIpc) is 3.00. The lowest BCUT2D eigenvalue weighted by Gasteiger charge is -2.35. The Labute approximate surface area is 172 Å². The third-order valence-corrected chi connectivity index (χ3v) is 5.78. The molecular formula is C23H31N3O3. The van der Waals surface area contributed by atoms with Gasteiger partial charge in [0.2, 0.25) is 0 Å². The maximum Gasteiger partial charge on any atom is 0.342 e. The van der Waals surface area contributed by atoms with E-state index in [0.717, 1.165) is 43.5 Å². The smallest absolute Gasteiger partial charge is 0.342 e. The Hall–Kier alpha value is -2.63. The number of benzene rings is 1. The van der Waals surface area contributed by atoms with Gasteiger partial charge in [0.15, 0.2) is 6.61 Å². The molecule has 0 aliphatic carbocycles. The summed E-state index contributed by atoms with van der Waals surface area (Å²) < 4.78 is 7.21. The third-order valence-electron chi connectivity index (χ3n) is 5.78. The van der Waals surface area contributed by atoms with Gasteiger partial charge in [-0.25, -0.2) is 4.79 Å². The van der Waals surface area contributed by atoms with Crippen LogP contribution >= 0.6 is 0 Å². The van der Waals surface area contributed by atoms with Gasteiger partial charge in [0, 0.05) is 12.6 Å². The largest absolute Gasteiger partial charge is 0.452 e. The number of aryl methyl sites for hydroxylation is 2. The molecule has 1 aliphatic rings. The van der Waals surface area contributed by atoms with Crippen LogP contribution in [0.4, 0.5) is 0 Å². The number of piperidine rings is 1. The summed E-state index contributed by atoms with van der Waals surface area (Å²) in [6, 6.07) is 8.50. The normalized spacial score (nSPS) is 16.7. The number of nitrogens with zero attached hydrogens (tertiary/aromatic N) is 3. The highest BCUT2D eigenvalue weighted by Crippen LogP contribution is 2.20. The molecule has 2 heterocycles. The molecule has 0 radical (unpaired) electrons. The highest BCUT2D eigenvalue weighted by Gasteiger charge is 2.27. The van der Waals surface area contributed by atoms with Crippen LogP contribution in [0.25, 0.3) is 0 Å². The number of ether oxygens (including phenoxy) is 1. The predicted molar refractivity (Wildman–Crippen MR) is 112 cm³/mol. The zero-order chi connectivity index (χ0) is 21.0. The van der Waals surface area contributed by atoms with E-state index in [4.69, 9.17) is 4.74 Å². The standard InChI is InChI=1S/C23H31N3O3/c1-5-20-8-6-7-13-25(20)21(27)15-29-23(28)22-17(3)24-26(18(22)4)14-19-11-9-16(2)10-12-19/h9-12,20H,5-8,13-15H2,1-4H3/t20-/m0/s1. The molecule has 6 nitrogen and oxygen atoms in total. The molecule has 1 fully saturated rings. The molecular weight excluding hydrogens is 366 g/mol. The number of carbonyl (C=O) groups excluding carboxylic acids is 2. The number of rotatable bonds is 6. The maximum atomic E-state index is 12.7. The number of hydrogen-bond donors (Lipinski definition) is 0. The maximum absolute atomic E-state index is 12.7. The van der Waals surface area contributed by atoms with Crippen LogP contribution in [0.3, 0.4) is 0 Å². The van der Waals surface area contributed by atoms with E-state index in [1.165, 1.54) is 5.56 Å². The molecule has 0 spiro atoms. The van der Waals surface area contributed by atoms with Crippen LogP contribution in [-0.4, -0.2) is 45.8 Å². The number of hydrogen-bond acceptors (Lipinski definition) is 4. The Morgan fingerprint density at radius 1 is 1.14 bits per heavy atom. The van der Waals surface area contributed by atoms with Crippen molar-refractivity contribution in [3.05, 3.63) is 52.3 Å². The van der Waals surface area contributed by atoms with Gasteiger partial charge >= 0.3 is 5.97 Å². The van der Waals surface area contributed by atoms with E-state index in [2.05, 4.69) is 43.2 Å². The lowest BCUT2D eigenvalue weighted by atomic mass is 10.00. The predicted octanol–water partition coefficient (Wildman–Crippen LogP) is 3.80. The molecule has 0 N–H and O–H groups in total. The van der Waals surface area contributed by atoms with Gasteiger partial charge in [0.25, 0.3) is 5.91 Å². The Balaban J connectivity index is 1.65. The van der Waals surface area contributed by atoms with Crippen LogP contribution in [0.2, 0.25) is 0 Å². The average molecular weight is 398 g/mol. The molecule has 0 saturated carbocycles. The van der Waals surface area contributed by atoms with Crippen LogP contribution < -0.4 is 0 Å². The number of amides is 1. The van der Waals surface area contributed by atoms with Gasteiger partial charge in [-0.1, -0.05) is 36.8 Å². The fourth-order valence-corrected chi connectivity index (χ4v) is 4.05. The van der Waals surface area contributed by atoms with Crippen molar-refractivity contribution in [2.45, 2.75) is 66.0 Å². The number of esters is 1. The second-order valence-corrected chi connectivity index (χ2v) is 7.91. The number of carbonyl (C=O) groups is 2. The lowest BCUT2D eigenvalue weighted by Crippen LogP contribution is -2.45. The summed E-state index contributed by atoms with van der Waals surface area (Å²) in [6.45, 7) is 8.94. The summed E-state index contributed by atoms with van der Waals surface area (Å²) in [4.78, 5) is 27.1. The van der Waals surface area contributed by atoms with E-state index in [1.54, 1.807) is 6.92 Å². The van der Waals surface area contributed by atoms with Gasteiger partial charge in [-0.05, 0) is 52.0 Å². The monoisotopic (exact) mass is 397 g/mol. The molecule has 2 aromatic rings. The fraction of sp³-hybridized carbons (Fsp3) is 0.522. The highest BCUT2D eigenvalue weighted by atomic mass is 16.5. The van der Waals surface area contributed by atoms with E-state index >= 15 is 0 Å². The Bertz CT molecular complexity index is 870. The minimum atomic E-state index is -0.478. The molecule has 1 atom stereocenters. The summed E-state index contributed by atoms with van der Waals surface area (Å²) in [5.74, 6) is -0.583. The van der Waals surface area contributed by atoms with Crippen molar-refractivity contribution >= 4 is 11.9 Å². The quantitative estimate of drug-likeness (QED) is 0.696. The molecule has 29 heavy (non-hydrogen) atoms. The van der Waals surface area contributed by atoms with Crippen LogP contribution in [-0.2, 0) is 16.1 Å². The van der Waals surface area contributed by atoms with Crippen LogP contribution in [0.5, 0.6) is 0 Å². The van der Waals surface area contributed by atoms with Crippen LogP contribution in [0, 0.1) is 20.8 Å². The molecule has 6 heteroatoms. The zero-order valence-corrected chi connectivity index (χ0v) is 17.9. The van der Waals surface area contributed by atoms with Crippen molar-refractivity contribution in [1.29, 1.82) is 0 Å². The van der Waals surface area contributed by atoms with Crippen molar-refractivity contribution in [3.8, 4) is 0 Å². The van der Waals surface area contributed by atoms with E-state index in [1.807, 2.05) is 16.5 Å². The van der Waals surface area contributed by atoms with Gasteiger partial charge in [-0.15, -0.1) is 0 Å². The summed E-state index contributed by atoms with van der Waals surface area (Å²) in [7, 11) is 0. The first-order valence-electron chi connectivity index (χ1n) is 10.5. The molecule has 1 aromatic carbocycles. The molecule has 156 valence electrons. The molecule has 0 bridgehead atoms. The van der Waals surface area contributed by atoms with E-state index < -0.39 is 5.97 Å². The topological polar surface area (TPSA) is 64.4 Å². The second kappa shape index (κ2) is 9.25. The van der Waals surface area contributed by atoms with Crippen LogP contribution in [0.1, 0.15) is 65.5 Å². The van der Waals surface area contributed by atoms with Crippen molar-refractivity contribution in [2.75, 3.05) is 13.2 Å².